The molecule has 0 spiro atoms. The van der Waals surface area contributed by atoms with Crippen molar-refractivity contribution in [2.45, 2.75) is 32.4 Å². The first kappa shape index (κ1) is 23.1. The molecule has 6 nitrogen and oxygen atoms in total. The zero-order valence-electron chi connectivity index (χ0n) is 16.6. The fourth-order valence-corrected chi connectivity index (χ4v) is 2.78. The summed E-state index contributed by atoms with van der Waals surface area (Å²) in [7, 11) is 0.975. The van der Waals surface area contributed by atoms with Gasteiger partial charge in [0.05, 0.1) is 18.4 Å². The molecular weight excluding hydrogens is 401 g/mol. The summed E-state index contributed by atoms with van der Waals surface area (Å²) >= 11 is 0. The van der Waals surface area contributed by atoms with Crippen LogP contribution >= 0.6 is 0 Å². The molecular formula is C21H21F3N2O4. The Hall–Kier alpha value is -3.23. The molecule has 1 N–H and O–H groups in total. The van der Waals surface area contributed by atoms with Crippen LogP contribution in [0.15, 0.2) is 42.6 Å². The van der Waals surface area contributed by atoms with E-state index in [1.165, 1.54) is 24.4 Å². The van der Waals surface area contributed by atoms with Crippen LogP contribution in [-0.4, -0.2) is 29.8 Å². The Balaban J connectivity index is 2.57. The maximum Gasteiger partial charge on any atom is 0.416 e. The molecule has 1 heterocycles. The Kier molecular flexibility index (Phi) is 7.31. The number of alkyl halides is 3. The molecule has 0 bridgehead atoms. The van der Waals surface area contributed by atoms with Gasteiger partial charge in [0.2, 0.25) is 11.7 Å². The second-order valence-electron chi connectivity index (χ2n) is 6.60. The highest BCUT2D eigenvalue weighted by atomic mass is 19.4. The van der Waals surface area contributed by atoms with Crippen molar-refractivity contribution in [2.24, 2.45) is 5.92 Å². The summed E-state index contributed by atoms with van der Waals surface area (Å²) in [6, 6.07) is 7.12. The van der Waals surface area contributed by atoms with Crippen LogP contribution in [-0.2, 0) is 20.5 Å². The van der Waals surface area contributed by atoms with Crippen LogP contribution in [0.2, 0.25) is 0 Å². The molecule has 30 heavy (non-hydrogen) atoms. The monoisotopic (exact) mass is 422 g/mol. The number of halogens is 3. The summed E-state index contributed by atoms with van der Waals surface area (Å²) < 4.78 is 45.1. The molecule has 2 rings (SSSR count). The van der Waals surface area contributed by atoms with Crippen LogP contribution in [0.5, 0.6) is 0 Å². The number of esters is 1. The minimum atomic E-state index is -4.79. The third-order valence-corrected chi connectivity index (χ3v) is 4.64. The van der Waals surface area contributed by atoms with Gasteiger partial charge in [-0.1, -0.05) is 32.0 Å². The van der Waals surface area contributed by atoms with E-state index in [1.54, 1.807) is 13.8 Å². The van der Waals surface area contributed by atoms with E-state index in [4.69, 9.17) is 0 Å². The van der Waals surface area contributed by atoms with Gasteiger partial charge in [0.25, 0.3) is 0 Å². The first-order valence-electron chi connectivity index (χ1n) is 9.15. The maximum absolute atomic E-state index is 13.5. The Morgan fingerprint density at radius 2 is 1.80 bits per heavy atom. The third-order valence-electron chi connectivity index (χ3n) is 4.64. The quantitative estimate of drug-likeness (QED) is 0.410. The normalized spacial score (nSPS) is 13.3. The lowest BCUT2D eigenvalue weighted by Gasteiger charge is -2.20. The molecule has 160 valence electrons. The highest BCUT2D eigenvalue weighted by Gasteiger charge is 2.41. The predicted molar refractivity (Wildman–Crippen MR) is 103 cm³/mol. The minimum Gasteiger partial charge on any atom is -0.468 e. The number of carbonyl (C=O) groups is 3. The standard InChI is InChI=1S/C21H21F3N2O4/c1-4-12(2)19(28)26-15-10-7-11-25-17(15)18(27)16(20(29)30-3)13-8-5-6-9-14(13)21(22,23)24/h5-12,16H,4H2,1-3H3,(H,26,28). The van der Waals surface area contributed by atoms with Gasteiger partial charge in [-0.05, 0) is 30.2 Å². The number of ketones is 1. The molecule has 0 saturated carbocycles. The first-order valence-corrected chi connectivity index (χ1v) is 9.15. The lowest BCUT2D eigenvalue weighted by atomic mass is 9.88. The van der Waals surface area contributed by atoms with Crippen molar-refractivity contribution in [3.63, 3.8) is 0 Å². The van der Waals surface area contributed by atoms with Crippen molar-refractivity contribution in [3.8, 4) is 0 Å². The van der Waals surface area contributed by atoms with Crippen molar-refractivity contribution in [1.29, 1.82) is 0 Å². The van der Waals surface area contributed by atoms with Crippen molar-refractivity contribution in [2.75, 3.05) is 12.4 Å². The zero-order chi connectivity index (χ0) is 22.5. The molecule has 2 atom stereocenters. The highest BCUT2D eigenvalue weighted by Crippen LogP contribution is 2.37. The number of pyridine rings is 1. The molecule has 1 amide bonds. The molecule has 0 radical (unpaired) electrons. The number of hydrogen-bond donors (Lipinski definition) is 1. The van der Waals surface area contributed by atoms with E-state index in [0.29, 0.717) is 6.42 Å². The van der Waals surface area contributed by atoms with Gasteiger partial charge in [-0.15, -0.1) is 0 Å². The van der Waals surface area contributed by atoms with E-state index < -0.39 is 35.0 Å². The van der Waals surface area contributed by atoms with E-state index in [2.05, 4.69) is 15.0 Å². The number of hydrogen-bond acceptors (Lipinski definition) is 5. The van der Waals surface area contributed by atoms with E-state index in [0.717, 1.165) is 25.3 Å². The SMILES string of the molecule is CCC(C)C(=O)Nc1cccnc1C(=O)C(C(=O)OC)c1ccccc1C(F)(F)F. The largest absolute Gasteiger partial charge is 0.468 e. The summed E-state index contributed by atoms with van der Waals surface area (Å²) in [6.07, 6.45) is -3.00. The molecule has 1 aromatic carbocycles. The van der Waals surface area contributed by atoms with Crippen molar-refractivity contribution in [1.82, 2.24) is 4.98 Å². The molecule has 9 heteroatoms. The fourth-order valence-electron chi connectivity index (χ4n) is 2.78. The van der Waals surface area contributed by atoms with E-state index in [9.17, 15) is 27.6 Å². The summed E-state index contributed by atoms with van der Waals surface area (Å²) in [5.41, 5.74) is -2.01. The van der Waals surface area contributed by atoms with Crippen LogP contribution in [0.4, 0.5) is 18.9 Å². The zero-order valence-corrected chi connectivity index (χ0v) is 16.6. The van der Waals surface area contributed by atoms with E-state index >= 15 is 0 Å². The molecule has 2 unspecified atom stereocenters. The van der Waals surface area contributed by atoms with Gasteiger partial charge in [-0.2, -0.15) is 13.2 Å². The van der Waals surface area contributed by atoms with Crippen molar-refractivity contribution in [3.05, 3.63) is 59.4 Å². The number of methoxy groups -OCH3 is 1. The molecule has 2 aromatic rings. The fraction of sp³-hybridized carbons (Fsp3) is 0.333. The third kappa shape index (κ3) is 5.03. The minimum absolute atomic E-state index is 0.00573. The van der Waals surface area contributed by atoms with E-state index in [-0.39, 0.29) is 23.2 Å². The number of anilines is 1. The molecule has 0 fully saturated rings. The van der Waals surface area contributed by atoms with Gasteiger partial charge in [0.1, 0.15) is 11.6 Å². The average molecular weight is 422 g/mol. The Morgan fingerprint density at radius 1 is 1.13 bits per heavy atom. The molecule has 0 aliphatic carbocycles. The average Bonchev–Trinajstić information content (AvgIpc) is 2.72. The molecule has 0 aliphatic rings. The molecule has 0 saturated heterocycles. The maximum atomic E-state index is 13.5. The number of benzene rings is 1. The molecule has 1 aromatic heterocycles. The Morgan fingerprint density at radius 3 is 2.40 bits per heavy atom. The number of rotatable bonds is 7. The lowest BCUT2D eigenvalue weighted by molar-refractivity contribution is -0.142. The number of amides is 1. The van der Waals surface area contributed by atoms with Crippen LogP contribution in [0.25, 0.3) is 0 Å². The second kappa shape index (κ2) is 9.51. The summed E-state index contributed by atoms with van der Waals surface area (Å²) in [5, 5.41) is 2.55. The number of ether oxygens (including phenoxy) is 1. The van der Waals surface area contributed by atoms with Crippen molar-refractivity contribution < 1.29 is 32.3 Å². The topological polar surface area (TPSA) is 85.4 Å². The van der Waals surface area contributed by atoms with Crippen LogP contribution in [0, 0.1) is 5.92 Å². The number of nitrogens with zero attached hydrogens (tertiary/aromatic N) is 1. The van der Waals surface area contributed by atoms with Crippen LogP contribution < -0.4 is 5.32 Å². The van der Waals surface area contributed by atoms with Gasteiger partial charge in [-0.25, -0.2) is 0 Å². The van der Waals surface area contributed by atoms with Crippen LogP contribution in [0.3, 0.4) is 0 Å². The number of nitrogens with one attached hydrogen (secondary N) is 1. The van der Waals surface area contributed by atoms with Crippen molar-refractivity contribution >= 4 is 23.3 Å². The van der Waals surface area contributed by atoms with Crippen LogP contribution in [0.1, 0.15) is 47.8 Å². The van der Waals surface area contributed by atoms with Gasteiger partial charge in [0.15, 0.2) is 0 Å². The Bertz CT molecular complexity index is 944. The van der Waals surface area contributed by atoms with E-state index in [1.807, 2.05) is 0 Å². The second-order valence-corrected chi connectivity index (χ2v) is 6.60. The first-order chi connectivity index (χ1) is 14.1. The summed E-state index contributed by atoms with van der Waals surface area (Å²) in [5.74, 6) is -4.83. The van der Waals surface area contributed by atoms with Gasteiger partial charge >= 0.3 is 12.1 Å². The smallest absolute Gasteiger partial charge is 0.416 e. The predicted octanol–water partition coefficient (Wildman–Crippen LogP) is 4.22. The lowest BCUT2D eigenvalue weighted by Crippen LogP contribution is -2.28. The van der Waals surface area contributed by atoms with Gasteiger partial charge in [0, 0.05) is 12.1 Å². The number of Topliss-reactive ketones (excluding diaryl/α,β-unsaturated/α-hetero) is 1. The summed E-state index contributed by atoms with van der Waals surface area (Å²) in [6.45, 7) is 3.49. The number of aromatic nitrogens is 1. The summed E-state index contributed by atoms with van der Waals surface area (Å²) in [4.78, 5) is 41.7. The number of carbonyl (C=O) groups excluding carboxylic acids is 3. The van der Waals surface area contributed by atoms with Gasteiger partial charge in [-0.3, -0.25) is 19.4 Å². The molecule has 0 aliphatic heterocycles. The highest BCUT2D eigenvalue weighted by molar-refractivity contribution is 6.15. The Labute approximate surface area is 171 Å². The van der Waals surface area contributed by atoms with Gasteiger partial charge < -0.3 is 10.1 Å².